The topological polar surface area (TPSA) is 66.0 Å². The van der Waals surface area contributed by atoms with Crippen molar-refractivity contribution in [1.29, 1.82) is 5.26 Å². The van der Waals surface area contributed by atoms with Crippen molar-refractivity contribution in [1.82, 2.24) is 0 Å². The third-order valence-electron chi connectivity index (χ3n) is 5.60. The van der Waals surface area contributed by atoms with Crippen LogP contribution in [0.1, 0.15) is 15.9 Å². The van der Waals surface area contributed by atoms with Gasteiger partial charge in [0, 0.05) is 16.7 Å². The summed E-state index contributed by atoms with van der Waals surface area (Å²) < 4.78 is 6.11. The molecule has 0 saturated carbocycles. The number of hydrogen-bond acceptors (Lipinski definition) is 3. The average molecular weight is 441 g/mol. The van der Waals surface area contributed by atoms with Gasteiger partial charge in [-0.3, -0.25) is 10.1 Å². The first-order chi connectivity index (χ1) is 16.7. The van der Waals surface area contributed by atoms with Crippen LogP contribution in [0.15, 0.2) is 120 Å². The number of rotatable bonds is 5. The lowest BCUT2D eigenvalue weighted by Gasteiger charge is -2.05. The van der Waals surface area contributed by atoms with Crippen molar-refractivity contribution in [3.63, 3.8) is 0 Å². The van der Waals surface area contributed by atoms with Gasteiger partial charge in [0.25, 0.3) is 5.91 Å². The first-order valence-corrected chi connectivity index (χ1v) is 10.9. The van der Waals surface area contributed by atoms with Gasteiger partial charge in [0.1, 0.15) is 17.4 Å². The third kappa shape index (κ3) is 4.11. The van der Waals surface area contributed by atoms with Gasteiger partial charge in [-0.05, 0) is 28.8 Å². The quantitative estimate of drug-likeness (QED) is 0.309. The molecule has 0 unspecified atom stereocenters. The van der Waals surface area contributed by atoms with Crippen LogP contribution in [0.3, 0.4) is 0 Å². The number of furan rings is 1. The molecule has 0 aliphatic heterocycles. The van der Waals surface area contributed by atoms with Gasteiger partial charge in [-0.2, -0.15) is 5.26 Å². The molecule has 5 rings (SSSR count). The zero-order chi connectivity index (χ0) is 23.3. The fraction of sp³-hybridized carbons (Fsp3) is 0. The monoisotopic (exact) mass is 440 g/mol. The lowest BCUT2D eigenvalue weighted by atomic mass is 9.98. The van der Waals surface area contributed by atoms with E-state index in [0.717, 1.165) is 22.3 Å². The van der Waals surface area contributed by atoms with Crippen LogP contribution in [0.5, 0.6) is 0 Å². The summed E-state index contributed by atoms with van der Waals surface area (Å²) in [6.45, 7) is 0. The zero-order valence-electron chi connectivity index (χ0n) is 18.2. The average Bonchev–Trinajstić information content (AvgIpc) is 3.28. The number of benzene rings is 4. The predicted octanol–water partition coefficient (Wildman–Crippen LogP) is 7.40. The summed E-state index contributed by atoms with van der Waals surface area (Å²) in [5.41, 5.74) is 5.18. The second-order valence-corrected chi connectivity index (χ2v) is 7.75. The highest BCUT2D eigenvalue weighted by atomic mass is 16.4. The van der Waals surface area contributed by atoms with Gasteiger partial charge in [0.15, 0.2) is 0 Å². The molecular weight excluding hydrogens is 420 g/mol. The van der Waals surface area contributed by atoms with Crippen LogP contribution in [-0.4, -0.2) is 5.91 Å². The summed E-state index contributed by atoms with van der Waals surface area (Å²) in [7, 11) is 0. The number of anilines is 1. The van der Waals surface area contributed by atoms with Crippen LogP contribution in [0.25, 0.3) is 33.6 Å². The standard InChI is InChI=1S/C30H20N2O2/c31-20-26-27(23-12-6-2-7-13-23)28(24-14-8-3-9-15-24)34-30(26)32-29(33)25-18-16-22(17-19-25)21-10-4-1-5-11-21/h1-19H,(H,32,33). The van der Waals surface area contributed by atoms with E-state index in [2.05, 4.69) is 11.4 Å². The minimum Gasteiger partial charge on any atom is -0.438 e. The Bertz CT molecular complexity index is 1460. The molecule has 5 aromatic rings. The Morgan fingerprint density at radius 3 is 1.71 bits per heavy atom. The molecule has 0 atom stereocenters. The second-order valence-electron chi connectivity index (χ2n) is 7.75. The first kappa shape index (κ1) is 21.0. The van der Waals surface area contributed by atoms with E-state index in [1.165, 1.54) is 0 Å². The Morgan fingerprint density at radius 1 is 0.647 bits per heavy atom. The first-order valence-electron chi connectivity index (χ1n) is 10.9. The van der Waals surface area contributed by atoms with Gasteiger partial charge in [-0.1, -0.05) is 103 Å². The Hall–Kier alpha value is -4.88. The van der Waals surface area contributed by atoms with Gasteiger partial charge in [-0.15, -0.1) is 0 Å². The molecule has 0 fully saturated rings. The maximum atomic E-state index is 13.0. The minimum absolute atomic E-state index is 0.136. The fourth-order valence-electron chi connectivity index (χ4n) is 3.92. The van der Waals surface area contributed by atoms with E-state index in [1.807, 2.05) is 103 Å². The maximum Gasteiger partial charge on any atom is 0.258 e. The third-order valence-corrected chi connectivity index (χ3v) is 5.60. The number of nitriles is 1. The Labute approximate surface area is 197 Å². The summed E-state index contributed by atoms with van der Waals surface area (Å²) in [5, 5.41) is 12.8. The molecule has 0 radical (unpaired) electrons. The molecule has 1 N–H and O–H groups in total. The van der Waals surface area contributed by atoms with Crippen LogP contribution in [0, 0.1) is 11.3 Å². The van der Waals surface area contributed by atoms with Crippen LogP contribution >= 0.6 is 0 Å². The highest BCUT2D eigenvalue weighted by Gasteiger charge is 2.24. The maximum absolute atomic E-state index is 13.0. The predicted molar refractivity (Wildman–Crippen MR) is 134 cm³/mol. The molecule has 0 aliphatic carbocycles. The summed E-state index contributed by atoms with van der Waals surface area (Å²) in [5.74, 6) is 0.333. The van der Waals surface area contributed by atoms with Crippen molar-refractivity contribution in [2.24, 2.45) is 0 Å². The highest BCUT2D eigenvalue weighted by molar-refractivity contribution is 6.05. The lowest BCUT2D eigenvalue weighted by molar-refractivity contribution is 0.102. The Morgan fingerprint density at radius 2 is 1.15 bits per heavy atom. The SMILES string of the molecule is N#Cc1c(NC(=O)c2ccc(-c3ccccc3)cc2)oc(-c2ccccc2)c1-c1ccccc1. The number of nitrogens with one attached hydrogen (secondary N) is 1. The number of amides is 1. The normalized spacial score (nSPS) is 10.4. The molecule has 0 aliphatic rings. The van der Waals surface area contributed by atoms with Gasteiger partial charge in [0.05, 0.1) is 0 Å². The molecule has 0 saturated heterocycles. The number of carbonyl (C=O) groups is 1. The zero-order valence-corrected chi connectivity index (χ0v) is 18.2. The highest BCUT2D eigenvalue weighted by Crippen LogP contribution is 2.41. The second kappa shape index (κ2) is 9.32. The summed E-state index contributed by atoms with van der Waals surface area (Å²) >= 11 is 0. The largest absolute Gasteiger partial charge is 0.438 e. The van der Waals surface area contributed by atoms with E-state index in [1.54, 1.807) is 12.1 Å². The molecule has 4 aromatic carbocycles. The van der Waals surface area contributed by atoms with Crippen molar-refractivity contribution in [2.75, 3.05) is 5.32 Å². The van der Waals surface area contributed by atoms with Gasteiger partial charge in [-0.25, -0.2) is 0 Å². The molecule has 0 bridgehead atoms. The smallest absolute Gasteiger partial charge is 0.258 e. The lowest BCUT2D eigenvalue weighted by Crippen LogP contribution is -2.12. The molecule has 1 heterocycles. The van der Waals surface area contributed by atoms with Crippen LogP contribution in [0.4, 0.5) is 5.88 Å². The van der Waals surface area contributed by atoms with E-state index >= 15 is 0 Å². The van der Waals surface area contributed by atoms with Crippen LogP contribution in [0.2, 0.25) is 0 Å². The Balaban J connectivity index is 1.51. The molecule has 34 heavy (non-hydrogen) atoms. The molecule has 1 amide bonds. The Kier molecular flexibility index (Phi) is 5.75. The van der Waals surface area contributed by atoms with Gasteiger partial charge in [0.2, 0.25) is 5.88 Å². The molecule has 4 heteroatoms. The summed E-state index contributed by atoms with van der Waals surface area (Å²) in [6.07, 6.45) is 0. The van der Waals surface area contributed by atoms with E-state index in [-0.39, 0.29) is 11.8 Å². The minimum atomic E-state index is -0.343. The summed E-state index contributed by atoms with van der Waals surface area (Å²) in [4.78, 5) is 13.0. The van der Waals surface area contributed by atoms with E-state index in [0.29, 0.717) is 22.5 Å². The molecular formula is C30H20N2O2. The van der Waals surface area contributed by atoms with E-state index in [9.17, 15) is 10.1 Å². The van der Waals surface area contributed by atoms with Crippen molar-refractivity contribution in [2.45, 2.75) is 0 Å². The van der Waals surface area contributed by atoms with Crippen molar-refractivity contribution in [3.8, 4) is 39.6 Å². The summed E-state index contributed by atoms with van der Waals surface area (Å²) in [6, 6.07) is 38.7. The number of nitrogens with zero attached hydrogens (tertiary/aromatic N) is 1. The van der Waals surface area contributed by atoms with Crippen LogP contribution < -0.4 is 5.32 Å². The molecule has 162 valence electrons. The fourth-order valence-corrected chi connectivity index (χ4v) is 3.92. The van der Waals surface area contributed by atoms with Gasteiger partial charge >= 0.3 is 0 Å². The molecule has 4 nitrogen and oxygen atoms in total. The van der Waals surface area contributed by atoms with Gasteiger partial charge < -0.3 is 4.42 Å². The molecule has 0 spiro atoms. The van der Waals surface area contributed by atoms with Crippen molar-refractivity contribution >= 4 is 11.8 Å². The van der Waals surface area contributed by atoms with E-state index in [4.69, 9.17) is 4.42 Å². The number of hydrogen-bond donors (Lipinski definition) is 1. The molecule has 1 aromatic heterocycles. The van der Waals surface area contributed by atoms with E-state index < -0.39 is 0 Å². The number of carbonyl (C=O) groups excluding carboxylic acids is 1. The van der Waals surface area contributed by atoms with Crippen molar-refractivity contribution < 1.29 is 9.21 Å². The van der Waals surface area contributed by atoms with Crippen LogP contribution in [-0.2, 0) is 0 Å². The van der Waals surface area contributed by atoms with Crippen molar-refractivity contribution in [3.05, 3.63) is 126 Å².